The van der Waals surface area contributed by atoms with Crippen molar-refractivity contribution in [3.05, 3.63) is 34.9 Å². The molecule has 0 radical (unpaired) electrons. The van der Waals surface area contributed by atoms with Gasteiger partial charge in [-0.05, 0) is 30.0 Å². The molecule has 1 aromatic rings. The SMILES string of the molecule is COC(CNC(=O)N1CC(C)CC(C(=O)O)C1)c1cccc(Cl)c1. The maximum absolute atomic E-state index is 12.4. The van der Waals surface area contributed by atoms with Crippen LogP contribution >= 0.6 is 11.6 Å². The molecule has 132 valence electrons. The van der Waals surface area contributed by atoms with E-state index >= 15 is 0 Å². The van der Waals surface area contributed by atoms with Gasteiger partial charge in [-0.15, -0.1) is 0 Å². The van der Waals surface area contributed by atoms with E-state index in [1.165, 1.54) is 0 Å². The van der Waals surface area contributed by atoms with E-state index in [0.29, 0.717) is 18.0 Å². The van der Waals surface area contributed by atoms with Gasteiger partial charge in [0.2, 0.25) is 0 Å². The van der Waals surface area contributed by atoms with Crippen molar-refractivity contribution in [1.29, 1.82) is 0 Å². The van der Waals surface area contributed by atoms with Crippen molar-refractivity contribution < 1.29 is 19.4 Å². The lowest BCUT2D eigenvalue weighted by molar-refractivity contribution is -0.143. The smallest absolute Gasteiger partial charge is 0.317 e. The number of rotatable bonds is 5. The number of ether oxygens (including phenoxy) is 1. The number of benzene rings is 1. The fourth-order valence-corrected chi connectivity index (χ4v) is 3.23. The fourth-order valence-electron chi connectivity index (χ4n) is 3.03. The molecule has 1 saturated heterocycles. The lowest BCUT2D eigenvalue weighted by Crippen LogP contribution is -2.50. The van der Waals surface area contributed by atoms with Gasteiger partial charge in [-0.25, -0.2) is 4.79 Å². The maximum atomic E-state index is 12.4. The molecule has 0 saturated carbocycles. The average molecular weight is 355 g/mol. The Labute approximate surface area is 146 Å². The minimum Gasteiger partial charge on any atom is -0.481 e. The molecule has 2 N–H and O–H groups in total. The van der Waals surface area contributed by atoms with Crippen LogP contribution in [0.2, 0.25) is 5.02 Å². The molecule has 0 aromatic heterocycles. The summed E-state index contributed by atoms with van der Waals surface area (Å²) in [4.78, 5) is 25.1. The summed E-state index contributed by atoms with van der Waals surface area (Å²) >= 11 is 5.99. The zero-order chi connectivity index (χ0) is 17.7. The van der Waals surface area contributed by atoms with Gasteiger partial charge in [0.1, 0.15) is 0 Å². The van der Waals surface area contributed by atoms with Crippen LogP contribution in [0.1, 0.15) is 25.0 Å². The zero-order valence-corrected chi connectivity index (χ0v) is 14.6. The highest BCUT2D eigenvalue weighted by molar-refractivity contribution is 6.30. The van der Waals surface area contributed by atoms with Gasteiger partial charge >= 0.3 is 12.0 Å². The number of urea groups is 1. The van der Waals surface area contributed by atoms with Gasteiger partial charge in [-0.2, -0.15) is 0 Å². The summed E-state index contributed by atoms with van der Waals surface area (Å²) < 4.78 is 5.42. The summed E-state index contributed by atoms with van der Waals surface area (Å²) in [6, 6.07) is 7.02. The number of halogens is 1. The maximum Gasteiger partial charge on any atom is 0.317 e. The van der Waals surface area contributed by atoms with E-state index in [4.69, 9.17) is 16.3 Å². The number of methoxy groups -OCH3 is 1. The number of likely N-dealkylation sites (tertiary alicyclic amines) is 1. The number of piperidine rings is 1. The van der Waals surface area contributed by atoms with Crippen molar-refractivity contribution in [2.75, 3.05) is 26.7 Å². The van der Waals surface area contributed by atoms with Crippen LogP contribution in [0.4, 0.5) is 4.79 Å². The highest BCUT2D eigenvalue weighted by Crippen LogP contribution is 2.23. The third kappa shape index (κ3) is 4.85. The Morgan fingerprint density at radius 1 is 1.46 bits per heavy atom. The molecule has 24 heavy (non-hydrogen) atoms. The van der Waals surface area contributed by atoms with Crippen LogP contribution < -0.4 is 5.32 Å². The number of carboxylic acids is 1. The number of aliphatic carboxylic acids is 1. The summed E-state index contributed by atoms with van der Waals surface area (Å²) in [5.74, 6) is -1.20. The molecule has 7 heteroatoms. The average Bonchev–Trinajstić information content (AvgIpc) is 2.54. The van der Waals surface area contributed by atoms with Gasteiger partial charge in [0, 0.05) is 31.8 Å². The Bertz CT molecular complexity index is 596. The summed E-state index contributed by atoms with van der Waals surface area (Å²) in [6.07, 6.45) is 0.285. The van der Waals surface area contributed by atoms with Crippen molar-refractivity contribution >= 4 is 23.6 Å². The van der Waals surface area contributed by atoms with Gasteiger partial charge in [0.05, 0.1) is 12.0 Å². The normalized spacial score (nSPS) is 22.0. The van der Waals surface area contributed by atoms with E-state index in [-0.39, 0.29) is 31.1 Å². The van der Waals surface area contributed by atoms with Crippen LogP contribution in [0.25, 0.3) is 0 Å². The second-order valence-electron chi connectivity index (χ2n) is 6.25. The molecule has 3 atom stereocenters. The quantitative estimate of drug-likeness (QED) is 0.852. The second kappa shape index (κ2) is 8.35. The van der Waals surface area contributed by atoms with Gasteiger partial charge < -0.3 is 20.1 Å². The van der Waals surface area contributed by atoms with Crippen molar-refractivity contribution in [3.8, 4) is 0 Å². The minimum atomic E-state index is -0.854. The Kier molecular flexibility index (Phi) is 6.45. The zero-order valence-electron chi connectivity index (χ0n) is 13.9. The first-order chi connectivity index (χ1) is 11.4. The number of hydrogen-bond donors (Lipinski definition) is 2. The summed E-state index contributed by atoms with van der Waals surface area (Å²) in [6.45, 7) is 3.04. The molecule has 2 rings (SSSR count). The third-order valence-corrected chi connectivity index (χ3v) is 4.47. The lowest BCUT2D eigenvalue weighted by atomic mass is 9.91. The number of carbonyl (C=O) groups excluding carboxylic acids is 1. The first kappa shape index (κ1) is 18.5. The van der Waals surface area contributed by atoms with Crippen LogP contribution in [0, 0.1) is 11.8 Å². The second-order valence-corrected chi connectivity index (χ2v) is 6.68. The monoisotopic (exact) mass is 354 g/mol. The topological polar surface area (TPSA) is 78.9 Å². The molecule has 1 heterocycles. The van der Waals surface area contributed by atoms with E-state index in [0.717, 1.165) is 5.56 Å². The van der Waals surface area contributed by atoms with Crippen LogP contribution in [0.15, 0.2) is 24.3 Å². The number of carbonyl (C=O) groups is 2. The van der Waals surface area contributed by atoms with Crippen molar-refractivity contribution in [3.63, 3.8) is 0 Å². The highest BCUT2D eigenvalue weighted by Gasteiger charge is 2.32. The Balaban J connectivity index is 1.94. The molecule has 3 unspecified atom stereocenters. The number of amides is 2. The molecule has 1 aromatic carbocycles. The summed E-state index contributed by atoms with van der Waals surface area (Å²) in [7, 11) is 1.57. The molecule has 0 bridgehead atoms. The predicted octanol–water partition coefficient (Wildman–Crippen LogP) is 2.78. The van der Waals surface area contributed by atoms with Crippen molar-refractivity contribution in [2.45, 2.75) is 19.4 Å². The fraction of sp³-hybridized carbons (Fsp3) is 0.529. The molecular formula is C17H23ClN2O4. The van der Waals surface area contributed by atoms with Crippen LogP contribution in [0.5, 0.6) is 0 Å². The van der Waals surface area contributed by atoms with Crippen molar-refractivity contribution in [1.82, 2.24) is 10.2 Å². The van der Waals surface area contributed by atoms with Gasteiger partial charge in [0.15, 0.2) is 0 Å². The number of nitrogens with one attached hydrogen (secondary N) is 1. The molecule has 0 aliphatic carbocycles. The molecule has 6 nitrogen and oxygen atoms in total. The molecule has 1 aliphatic heterocycles. The van der Waals surface area contributed by atoms with E-state index in [9.17, 15) is 14.7 Å². The summed E-state index contributed by atoms with van der Waals surface area (Å²) in [5.41, 5.74) is 0.876. The Morgan fingerprint density at radius 2 is 2.21 bits per heavy atom. The number of hydrogen-bond acceptors (Lipinski definition) is 3. The Morgan fingerprint density at radius 3 is 2.83 bits per heavy atom. The van der Waals surface area contributed by atoms with Gasteiger partial charge in [-0.1, -0.05) is 30.7 Å². The van der Waals surface area contributed by atoms with E-state index < -0.39 is 11.9 Å². The third-order valence-electron chi connectivity index (χ3n) is 4.24. The van der Waals surface area contributed by atoms with Crippen LogP contribution in [-0.2, 0) is 9.53 Å². The molecule has 1 aliphatic rings. The Hall–Kier alpha value is -1.79. The largest absolute Gasteiger partial charge is 0.481 e. The van der Waals surface area contributed by atoms with Crippen LogP contribution in [0.3, 0.4) is 0 Å². The first-order valence-corrected chi connectivity index (χ1v) is 8.32. The molecule has 0 spiro atoms. The molecule has 1 fully saturated rings. The van der Waals surface area contributed by atoms with Gasteiger partial charge in [0.25, 0.3) is 0 Å². The highest BCUT2D eigenvalue weighted by atomic mass is 35.5. The molecule has 2 amide bonds. The molecular weight excluding hydrogens is 332 g/mol. The minimum absolute atomic E-state index is 0.164. The number of nitrogens with zero attached hydrogens (tertiary/aromatic N) is 1. The van der Waals surface area contributed by atoms with Gasteiger partial charge in [-0.3, -0.25) is 4.79 Å². The predicted molar refractivity (Wildman–Crippen MR) is 91.1 cm³/mol. The van der Waals surface area contributed by atoms with Crippen LogP contribution in [-0.4, -0.2) is 48.8 Å². The number of carboxylic acid groups (broad SMARTS) is 1. The van der Waals surface area contributed by atoms with E-state index in [2.05, 4.69) is 5.32 Å². The first-order valence-electron chi connectivity index (χ1n) is 7.94. The van der Waals surface area contributed by atoms with Crippen molar-refractivity contribution in [2.24, 2.45) is 11.8 Å². The standard InChI is InChI=1S/C17H23ClN2O4/c1-11-6-13(16(21)22)10-20(9-11)17(23)19-8-15(24-2)12-4-3-5-14(18)7-12/h3-5,7,11,13,15H,6,8-10H2,1-2H3,(H,19,23)(H,21,22). The lowest BCUT2D eigenvalue weighted by Gasteiger charge is -2.34. The van der Waals surface area contributed by atoms with E-state index in [1.807, 2.05) is 19.1 Å². The van der Waals surface area contributed by atoms with E-state index in [1.54, 1.807) is 24.1 Å². The summed E-state index contributed by atoms with van der Waals surface area (Å²) in [5, 5.41) is 12.6.